The molecule has 0 aliphatic carbocycles. The number of benzene rings is 1. The number of rotatable bonds is 9. The van der Waals surface area contributed by atoms with Crippen LogP contribution in [0.2, 0.25) is 0 Å². The molecule has 2 aromatic heterocycles. The first-order chi connectivity index (χ1) is 14.0. The first-order valence-corrected chi connectivity index (χ1v) is 9.95. The Hall–Kier alpha value is -3.09. The van der Waals surface area contributed by atoms with Crippen molar-refractivity contribution in [1.29, 1.82) is 0 Å². The number of fused-ring (bicyclic) bond motifs is 1. The number of nitrogens with zero attached hydrogens (tertiary/aromatic N) is 2. The molecule has 154 valence electrons. The summed E-state index contributed by atoms with van der Waals surface area (Å²) in [4.78, 5) is 28.3. The van der Waals surface area contributed by atoms with Gasteiger partial charge >= 0.3 is 5.63 Å². The lowest BCUT2D eigenvalue weighted by Gasteiger charge is -2.18. The fraction of sp³-hybridized carbons (Fsp3) is 0.409. The van der Waals surface area contributed by atoms with E-state index in [1.807, 2.05) is 29.8 Å². The summed E-state index contributed by atoms with van der Waals surface area (Å²) in [7, 11) is 0. The summed E-state index contributed by atoms with van der Waals surface area (Å²) >= 11 is 0. The molecule has 1 aromatic carbocycles. The predicted octanol–water partition coefficient (Wildman–Crippen LogP) is 3.22. The van der Waals surface area contributed by atoms with Gasteiger partial charge in [0.15, 0.2) is 6.10 Å². The third-order valence-corrected chi connectivity index (χ3v) is 4.68. The van der Waals surface area contributed by atoms with Crippen LogP contribution in [0.3, 0.4) is 0 Å². The zero-order valence-corrected chi connectivity index (χ0v) is 17.1. The molecule has 0 unspecified atom stereocenters. The molecule has 7 heteroatoms. The highest BCUT2D eigenvalue weighted by atomic mass is 16.5. The van der Waals surface area contributed by atoms with Crippen molar-refractivity contribution >= 4 is 16.9 Å². The molecule has 0 radical (unpaired) electrons. The minimum Gasteiger partial charge on any atom is -0.480 e. The van der Waals surface area contributed by atoms with Gasteiger partial charge in [-0.3, -0.25) is 4.79 Å². The van der Waals surface area contributed by atoms with Crippen LogP contribution >= 0.6 is 0 Å². The predicted molar refractivity (Wildman–Crippen MR) is 111 cm³/mol. The van der Waals surface area contributed by atoms with Crippen LogP contribution in [0.5, 0.6) is 5.75 Å². The largest absolute Gasteiger partial charge is 0.480 e. The zero-order valence-electron chi connectivity index (χ0n) is 17.1. The molecule has 7 nitrogen and oxygen atoms in total. The number of aryl methyl sites for hydroxylation is 3. The summed E-state index contributed by atoms with van der Waals surface area (Å²) in [5.41, 5.74) is 1.89. The SMILES string of the molecule is CCCc1cc(=O)oc2cc(C)cc(O[C@H](C)C(=O)NCCCn3ccnc3)c12. The van der Waals surface area contributed by atoms with Crippen LogP contribution in [0, 0.1) is 6.92 Å². The van der Waals surface area contributed by atoms with Gasteiger partial charge in [-0.2, -0.15) is 0 Å². The Morgan fingerprint density at radius 1 is 1.34 bits per heavy atom. The van der Waals surface area contributed by atoms with Gasteiger partial charge in [-0.25, -0.2) is 9.78 Å². The average molecular weight is 397 g/mol. The molecule has 1 N–H and O–H groups in total. The Labute approximate surface area is 169 Å². The van der Waals surface area contributed by atoms with Crippen molar-refractivity contribution in [2.24, 2.45) is 0 Å². The molecule has 3 aromatic rings. The Bertz CT molecular complexity index is 1020. The molecule has 29 heavy (non-hydrogen) atoms. The molecule has 0 saturated heterocycles. The number of carbonyl (C=O) groups excluding carboxylic acids is 1. The highest BCUT2D eigenvalue weighted by molar-refractivity contribution is 5.88. The number of aromatic nitrogens is 2. The maximum absolute atomic E-state index is 12.5. The standard InChI is InChI=1S/C22H27N3O4/c1-4-6-17-13-20(26)29-19-12-15(2)11-18(21(17)19)28-16(3)22(27)24-7-5-9-25-10-8-23-14-25/h8,10-14,16H,4-7,9H2,1-3H3,(H,24,27)/t16-/m1/s1. The van der Waals surface area contributed by atoms with E-state index in [1.54, 1.807) is 19.4 Å². The van der Waals surface area contributed by atoms with Gasteiger partial charge in [0.2, 0.25) is 0 Å². The van der Waals surface area contributed by atoms with E-state index in [9.17, 15) is 9.59 Å². The summed E-state index contributed by atoms with van der Waals surface area (Å²) in [6.45, 7) is 7.01. The number of amides is 1. The molecule has 3 rings (SSSR count). The van der Waals surface area contributed by atoms with Crippen molar-refractivity contribution in [3.63, 3.8) is 0 Å². The van der Waals surface area contributed by atoms with Crippen LogP contribution < -0.4 is 15.7 Å². The van der Waals surface area contributed by atoms with E-state index < -0.39 is 6.10 Å². The average Bonchev–Trinajstić information content (AvgIpc) is 3.18. The van der Waals surface area contributed by atoms with Gasteiger partial charge in [0, 0.05) is 31.5 Å². The van der Waals surface area contributed by atoms with Crippen LogP contribution in [0.25, 0.3) is 11.0 Å². The second-order valence-electron chi connectivity index (χ2n) is 7.18. The quantitative estimate of drug-likeness (QED) is 0.443. The Morgan fingerprint density at radius 2 is 2.17 bits per heavy atom. The van der Waals surface area contributed by atoms with Crippen molar-refractivity contribution in [1.82, 2.24) is 14.9 Å². The molecular weight excluding hydrogens is 370 g/mol. The van der Waals surface area contributed by atoms with Gasteiger partial charge in [-0.15, -0.1) is 0 Å². The van der Waals surface area contributed by atoms with Crippen LogP contribution in [0.15, 0.2) is 46.1 Å². The summed E-state index contributed by atoms with van der Waals surface area (Å²) < 4.78 is 13.4. The molecular formula is C22H27N3O4. The molecule has 0 saturated carbocycles. The Kier molecular flexibility index (Phi) is 6.69. The first-order valence-electron chi connectivity index (χ1n) is 9.95. The van der Waals surface area contributed by atoms with Gasteiger partial charge in [-0.05, 0) is 49.9 Å². The van der Waals surface area contributed by atoms with E-state index in [-0.39, 0.29) is 11.5 Å². The number of hydrogen-bond donors (Lipinski definition) is 1. The fourth-order valence-electron chi connectivity index (χ4n) is 3.31. The molecule has 1 amide bonds. The minimum absolute atomic E-state index is 0.181. The van der Waals surface area contributed by atoms with Crippen molar-refractivity contribution in [2.75, 3.05) is 6.54 Å². The number of imidazole rings is 1. The second kappa shape index (κ2) is 9.41. The van der Waals surface area contributed by atoms with Crippen LogP contribution in [-0.2, 0) is 17.8 Å². The van der Waals surface area contributed by atoms with Gasteiger partial charge in [-0.1, -0.05) is 13.3 Å². The highest BCUT2D eigenvalue weighted by Gasteiger charge is 2.18. The summed E-state index contributed by atoms with van der Waals surface area (Å²) in [6, 6.07) is 5.21. The number of hydrogen-bond acceptors (Lipinski definition) is 5. The lowest BCUT2D eigenvalue weighted by atomic mass is 10.0. The minimum atomic E-state index is -0.672. The van der Waals surface area contributed by atoms with Gasteiger partial charge < -0.3 is 19.0 Å². The lowest BCUT2D eigenvalue weighted by Crippen LogP contribution is -2.37. The van der Waals surface area contributed by atoms with E-state index in [4.69, 9.17) is 9.15 Å². The van der Waals surface area contributed by atoms with Gasteiger partial charge in [0.1, 0.15) is 11.3 Å². The van der Waals surface area contributed by atoms with Crippen molar-refractivity contribution in [3.8, 4) is 5.75 Å². The van der Waals surface area contributed by atoms with E-state index in [0.717, 1.165) is 42.3 Å². The Balaban J connectivity index is 1.70. The molecule has 2 heterocycles. The van der Waals surface area contributed by atoms with Crippen LogP contribution in [0.1, 0.15) is 37.8 Å². The van der Waals surface area contributed by atoms with E-state index >= 15 is 0 Å². The van der Waals surface area contributed by atoms with Crippen LogP contribution in [-0.4, -0.2) is 28.1 Å². The maximum atomic E-state index is 12.5. The zero-order chi connectivity index (χ0) is 20.8. The smallest absolute Gasteiger partial charge is 0.336 e. The fourth-order valence-corrected chi connectivity index (χ4v) is 3.31. The molecule has 1 atom stereocenters. The monoisotopic (exact) mass is 397 g/mol. The number of carbonyl (C=O) groups is 1. The van der Waals surface area contributed by atoms with Crippen molar-refractivity contribution in [2.45, 2.75) is 52.7 Å². The molecule has 0 bridgehead atoms. The molecule has 0 aliphatic rings. The van der Waals surface area contributed by atoms with Crippen molar-refractivity contribution < 1.29 is 13.9 Å². The van der Waals surface area contributed by atoms with Gasteiger partial charge in [0.05, 0.1) is 11.7 Å². The summed E-state index contributed by atoms with van der Waals surface area (Å²) in [6.07, 6.45) is 7.12. The maximum Gasteiger partial charge on any atom is 0.336 e. The summed E-state index contributed by atoms with van der Waals surface area (Å²) in [5.74, 6) is 0.382. The normalized spacial score (nSPS) is 12.1. The van der Waals surface area contributed by atoms with Gasteiger partial charge in [0.25, 0.3) is 5.91 Å². The number of nitrogens with one attached hydrogen (secondary N) is 1. The molecule has 0 spiro atoms. The third kappa shape index (κ3) is 5.25. The summed E-state index contributed by atoms with van der Waals surface area (Å²) in [5, 5.41) is 3.67. The Morgan fingerprint density at radius 3 is 2.90 bits per heavy atom. The van der Waals surface area contributed by atoms with E-state index in [1.165, 1.54) is 6.07 Å². The third-order valence-electron chi connectivity index (χ3n) is 4.68. The first kappa shape index (κ1) is 20.6. The topological polar surface area (TPSA) is 86.4 Å². The number of ether oxygens (including phenoxy) is 1. The van der Waals surface area contributed by atoms with E-state index in [2.05, 4.69) is 17.2 Å². The highest BCUT2D eigenvalue weighted by Crippen LogP contribution is 2.31. The molecule has 0 aliphatic heterocycles. The molecule has 0 fully saturated rings. The lowest BCUT2D eigenvalue weighted by molar-refractivity contribution is -0.127. The second-order valence-corrected chi connectivity index (χ2v) is 7.18. The van der Waals surface area contributed by atoms with Crippen molar-refractivity contribution in [3.05, 3.63) is 58.5 Å². The van der Waals surface area contributed by atoms with E-state index in [0.29, 0.717) is 17.9 Å². The van der Waals surface area contributed by atoms with Crippen LogP contribution in [0.4, 0.5) is 0 Å².